The van der Waals surface area contributed by atoms with E-state index in [0.717, 1.165) is 31.2 Å². The average molecular weight is 663 g/mol. The first-order valence-corrected chi connectivity index (χ1v) is 15.3. The van der Waals surface area contributed by atoms with Gasteiger partial charge in [-0.1, -0.05) is 17.7 Å². The van der Waals surface area contributed by atoms with E-state index in [0.29, 0.717) is 42.0 Å². The van der Waals surface area contributed by atoms with Crippen LogP contribution >= 0.6 is 11.6 Å². The van der Waals surface area contributed by atoms with E-state index in [2.05, 4.69) is 40.8 Å². The van der Waals surface area contributed by atoms with Crippen LogP contribution in [0.3, 0.4) is 0 Å². The monoisotopic (exact) mass is 662 g/mol. The number of nitrogens with one attached hydrogen (secondary N) is 1. The number of aliphatic hydroxyl groups is 1. The van der Waals surface area contributed by atoms with Crippen molar-refractivity contribution in [1.82, 2.24) is 44.9 Å². The summed E-state index contributed by atoms with van der Waals surface area (Å²) in [7, 11) is 0. The lowest BCUT2D eigenvalue weighted by molar-refractivity contribution is -0.154. The molecule has 0 bridgehead atoms. The lowest BCUT2D eigenvalue weighted by Crippen LogP contribution is -2.63. The predicted molar refractivity (Wildman–Crippen MR) is 161 cm³/mol. The summed E-state index contributed by atoms with van der Waals surface area (Å²) in [5.41, 5.74) is 1.02. The Labute approximate surface area is 267 Å². The second-order valence-electron chi connectivity index (χ2n) is 12.1. The molecule has 2 N–H and O–H groups in total. The molecule has 17 heteroatoms. The Morgan fingerprint density at radius 3 is 2.48 bits per heavy atom. The van der Waals surface area contributed by atoms with E-state index in [1.807, 2.05) is 13.8 Å². The fourth-order valence-corrected chi connectivity index (χ4v) is 6.06. The minimum Gasteiger partial charge on any atom is -0.487 e. The molecule has 0 spiro atoms. The molecule has 13 nitrogen and oxygen atoms in total. The van der Waals surface area contributed by atoms with Crippen LogP contribution in [0.5, 0.6) is 11.6 Å². The third-order valence-corrected chi connectivity index (χ3v) is 8.35. The van der Waals surface area contributed by atoms with E-state index in [1.165, 1.54) is 6.33 Å². The number of β-amino-alcohol motifs (C(OH)–C–C–N with tert-alkyl or cyclic N) is 1. The lowest BCUT2D eigenvalue weighted by Gasteiger charge is -2.50. The molecule has 246 valence electrons. The van der Waals surface area contributed by atoms with E-state index < -0.39 is 18.4 Å². The summed E-state index contributed by atoms with van der Waals surface area (Å²) in [6, 6.07) is 5.67. The third kappa shape index (κ3) is 7.85. The maximum Gasteiger partial charge on any atom is 0.422 e. The highest BCUT2D eigenvalue weighted by Gasteiger charge is 2.41. The maximum atomic E-state index is 13.0. The van der Waals surface area contributed by atoms with Crippen LogP contribution in [0, 0.1) is 0 Å². The highest BCUT2D eigenvalue weighted by Crippen LogP contribution is 2.37. The van der Waals surface area contributed by atoms with Crippen LogP contribution in [-0.4, -0.2) is 93.6 Å². The molecule has 0 amide bonds. The van der Waals surface area contributed by atoms with Crippen LogP contribution < -0.4 is 14.8 Å². The molecule has 2 fully saturated rings. The van der Waals surface area contributed by atoms with Crippen molar-refractivity contribution in [2.75, 3.05) is 25.0 Å². The molecule has 6 rings (SSSR count). The van der Waals surface area contributed by atoms with Gasteiger partial charge in [-0.3, -0.25) is 9.58 Å². The minimum atomic E-state index is -4.53. The van der Waals surface area contributed by atoms with Gasteiger partial charge in [-0.25, -0.2) is 14.6 Å². The van der Waals surface area contributed by atoms with Gasteiger partial charge in [0, 0.05) is 37.1 Å². The van der Waals surface area contributed by atoms with E-state index in [1.54, 1.807) is 46.2 Å². The van der Waals surface area contributed by atoms with Gasteiger partial charge in [0.15, 0.2) is 6.61 Å². The van der Waals surface area contributed by atoms with Gasteiger partial charge in [0.25, 0.3) is 5.88 Å². The van der Waals surface area contributed by atoms with Crippen molar-refractivity contribution in [3.63, 3.8) is 0 Å². The molecule has 46 heavy (non-hydrogen) atoms. The number of nitrogens with zero attached hydrogens (tertiary/aromatic N) is 9. The van der Waals surface area contributed by atoms with E-state index >= 15 is 0 Å². The van der Waals surface area contributed by atoms with Crippen molar-refractivity contribution >= 4 is 23.2 Å². The Kier molecular flexibility index (Phi) is 9.03. The van der Waals surface area contributed by atoms with Gasteiger partial charge in [-0.05, 0) is 67.7 Å². The number of hydrogen-bond donors (Lipinski definition) is 2. The van der Waals surface area contributed by atoms with E-state index in [-0.39, 0.29) is 29.7 Å². The molecule has 1 atom stereocenters. The van der Waals surface area contributed by atoms with Crippen LogP contribution in [0.2, 0.25) is 5.02 Å². The Morgan fingerprint density at radius 2 is 1.83 bits per heavy atom. The Balaban J connectivity index is 1.13. The molecule has 0 radical (unpaired) electrons. The quantitative estimate of drug-likeness (QED) is 0.231. The normalized spacial score (nSPS) is 20.6. The zero-order valence-electron chi connectivity index (χ0n) is 25.2. The summed E-state index contributed by atoms with van der Waals surface area (Å²) in [6.07, 6.45) is 4.92. The van der Waals surface area contributed by atoms with Gasteiger partial charge in [0.05, 0.1) is 29.4 Å². The van der Waals surface area contributed by atoms with Gasteiger partial charge in [-0.15, -0.1) is 10.2 Å². The van der Waals surface area contributed by atoms with Crippen molar-refractivity contribution in [3.8, 4) is 22.8 Å². The second-order valence-corrected chi connectivity index (χ2v) is 12.5. The van der Waals surface area contributed by atoms with Gasteiger partial charge < -0.3 is 19.9 Å². The summed E-state index contributed by atoms with van der Waals surface area (Å²) < 4.78 is 53.4. The van der Waals surface area contributed by atoms with Crippen LogP contribution in [-0.2, 0) is 6.54 Å². The zero-order valence-corrected chi connectivity index (χ0v) is 26.0. The number of ether oxygens (including phenoxy) is 2. The average Bonchev–Trinajstić information content (AvgIpc) is 3.66. The topological polar surface area (TPSA) is 141 Å². The number of likely N-dealkylation sites (tertiary alicyclic amines) is 1. The molecule has 1 aliphatic carbocycles. The number of benzene rings is 1. The predicted octanol–water partition coefficient (Wildman–Crippen LogP) is 4.68. The molecule has 1 saturated heterocycles. The standard InChI is InChI=1S/C29H34ClF3N10O3/c1-18(12-42-17-36-39-40-42)46-25-9-19(3-8-23(25)30)20-10-34-27(35-11-20)37-24-13-43(38-26(24)45-16-29(31,32)33)22-6-4-21(5-7-22)41-14-28(2,44)15-41/h3,8-11,13,17-18,21-22,44H,4-7,12,14-16H2,1-2H3,(H,34,35,37)/t18-,21?,22?/m0/s1. The smallest absolute Gasteiger partial charge is 0.422 e. The molecule has 3 aromatic heterocycles. The fraction of sp³-hybridized carbons (Fsp3) is 0.517. The molecular weight excluding hydrogens is 629 g/mol. The van der Waals surface area contributed by atoms with Gasteiger partial charge in [0.2, 0.25) is 5.95 Å². The van der Waals surface area contributed by atoms with Crippen molar-refractivity contribution in [2.45, 2.75) is 76.0 Å². The summed E-state index contributed by atoms with van der Waals surface area (Å²) in [5.74, 6) is 0.446. The van der Waals surface area contributed by atoms with Crippen molar-refractivity contribution in [2.24, 2.45) is 0 Å². The largest absolute Gasteiger partial charge is 0.487 e. The fourth-order valence-electron chi connectivity index (χ4n) is 5.90. The van der Waals surface area contributed by atoms with Gasteiger partial charge >= 0.3 is 6.18 Å². The molecule has 4 aromatic rings. The highest BCUT2D eigenvalue weighted by molar-refractivity contribution is 6.32. The molecule has 1 aliphatic heterocycles. The molecular formula is C29H34ClF3N10O3. The zero-order chi connectivity index (χ0) is 32.5. The first-order valence-electron chi connectivity index (χ1n) is 14.9. The number of tetrazole rings is 1. The third-order valence-electron chi connectivity index (χ3n) is 8.04. The van der Waals surface area contributed by atoms with Gasteiger partial charge in [-0.2, -0.15) is 13.2 Å². The lowest BCUT2D eigenvalue weighted by atomic mass is 9.85. The number of hydrogen-bond acceptors (Lipinski definition) is 11. The first kappa shape index (κ1) is 31.9. The summed E-state index contributed by atoms with van der Waals surface area (Å²) >= 11 is 6.38. The van der Waals surface area contributed by atoms with Crippen molar-refractivity contribution < 1.29 is 27.8 Å². The SMILES string of the molecule is C[C@@H](Cn1cnnn1)Oc1cc(-c2cnc(Nc3cn(C4CCC(N5CC(C)(O)C5)CC4)nc3OCC(F)(F)F)nc2)ccc1Cl. The number of alkyl halides is 3. The van der Waals surface area contributed by atoms with Crippen LogP contribution in [0.15, 0.2) is 43.1 Å². The summed E-state index contributed by atoms with van der Waals surface area (Å²) in [5, 5.41) is 28.9. The Morgan fingerprint density at radius 1 is 1.11 bits per heavy atom. The number of aromatic nitrogens is 8. The van der Waals surface area contributed by atoms with Crippen molar-refractivity contribution in [3.05, 3.63) is 48.1 Å². The summed E-state index contributed by atoms with van der Waals surface area (Å²) in [4.78, 5) is 11.0. The number of halogens is 4. The van der Waals surface area contributed by atoms with E-state index in [9.17, 15) is 18.3 Å². The second kappa shape index (κ2) is 13.0. The molecule has 0 unspecified atom stereocenters. The first-order chi connectivity index (χ1) is 21.9. The molecule has 4 heterocycles. The van der Waals surface area contributed by atoms with Crippen LogP contribution in [0.25, 0.3) is 11.1 Å². The van der Waals surface area contributed by atoms with Crippen LogP contribution in [0.4, 0.5) is 24.8 Å². The molecule has 1 aromatic carbocycles. The Hall–Kier alpha value is -4.02. The minimum absolute atomic E-state index is 0.00188. The number of anilines is 2. The highest BCUT2D eigenvalue weighted by atomic mass is 35.5. The Bertz CT molecular complexity index is 1600. The van der Waals surface area contributed by atoms with Crippen molar-refractivity contribution in [1.29, 1.82) is 0 Å². The molecule has 1 saturated carbocycles. The summed E-state index contributed by atoms with van der Waals surface area (Å²) in [6.45, 7) is 3.96. The van der Waals surface area contributed by atoms with Gasteiger partial charge in [0.1, 0.15) is 23.9 Å². The van der Waals surface area contributed by atoms with Crippen LogP contribution in [0.1, 0.15) is 45.6 Å². The van der Waals surface area contributed by atoms with E-state index in [4.69, 9.17) is 21.1 Å². The number of rotatable bonds is 11. The maximum absolute atomic E-state index is 13.0. The molecule has 2 aliphatic rings.